The summed E-state index contributed by atoms with van der Waals surface area (Å²) < 4.78 is 0. The summed E-state index contributed by atoms with van der Waals surface area (Å²) in [5, 5.41) is 6.51. The Morgan fingerprint density at radius 1 is 0.818 bits per heavy atom. The third-order valence-electron chi connectivity index (χ3n) is 6.72. The van der Waals surface area contributed by atoms with E-state index in [1.807, 2.05) is 30.3 Å². The quantitative estimate of drug-likeness (QED) is 0.440. The number of hydrogen-bond donors (Lipinski definition) is 0. The second kappa shape index (κ2) is 7.39. The highest BCUT2D eigenvalue weighted by atomic mass is 35.5. The van der Waals surface area contributed by atoms with E-state index < -0.39 is 23.9 Å². The maximum Gasteiger partial charge on any atom is 0.240 e. The molecule has 0 bridgehead atoms. The van der Waals surface area contributed by atoms with Crippen molar-refractivity contribution in [2.45, 2.75) is 12.1 Å². The van der Waals surface area contributed by atoms with Gasteiger partial charge in [0.05, 0.1) is 34.8 Å². The van der Waals surface area contributed by atoms with Crippen LogP contribution >= 0.6 is 11.6 Å². The molecule has 0 N–H and O–H groups in total. The van der Waals surface area contributed by atoms with Crippen molar-refractivity contribution in [2.24, 2.45) is 16.9 Å². The molecular weight excluding hydrogens is 438 g/mol. The number of halogens is 1. The maximum atomic E-state index is 13.8. The van der Waals surface area contributed by atoms with Gasteiger partial charge in [0.25, 0.3) is 0 Å². The van der Waals surface area contributed by atoms with Crippen LogP contribution < -0.4 is 4.90 Å². The van der Waals surface area contributed by atoms with Crippen LogP contribution in [0.25, 0.3) is 0 Å². The number of hydrazone groups is 1. The molecule has 7 heteroatoms. The van der Waals surface area contributed by atoms with Gasteiger partial charge in [0.15, 0.2) is 5.78 Å². The lowest BCUT2D eigenvalue weighted by molar-refractivity contribution is -0.124. The van der Waals surface area contributed by atoms with E-state index >= 15 is 0 Å². The Morgan fingerprint density at radius 3 is 2.27 bits per heavy atom. The van der Waals surface area contributed by atoms with E-state index in [9.17, 15) is 14.4 Å². The van der Waals surface area contributed by atoms with Gasteiger partial charge in [0, 0.05) is 5.56 Å². The molecule has 33 heavy (non-hydrogen) atoms. The third-order valence-corrected chi connectivity index (χ3v) is 7.05. The Morgan fingerprint density at radius 2 is 1.48 bits per heavy atom. The van der Waals surface area contributed by atoms with Gasteiger partial charge in [-0.25, -0.2) is 4.90 Å². The van der Waals surface area contributed by atoms with Crippen molar-refractivity contribution < 1.29 is 14.4 Å². The predicted molar refractivity (Wildman–Crippen MR) is 124 cm³/mol. The second-order valence-electron chi connectivity index (χ2n) is 8.39. The van der Waals surface area contributed by atoms with Gasteiger partial charge in [0.2, 0.25) is 11.8 Å². The van der Waals surface area contributed by atoms with Crippen molar-refractivity contribution >= 4 is 41.1 Å². The number of benzene rings is 3. The molecule has 0 spiro atoms. The first-order valence-electron chi connectivity index (χ1n) is 10.7. The standard InChI is InChI=1S/C26H18ClN3O3/c27-19-13-7-6-12-18(19)24(31)23-21-20(22-17-11-5-4-8-15(17)14-28-30(22)23)25(32)29(26(21)33)16-9-2-1-3-10-16/h1-14,20-23H/t20-,21+,22-,23-/m0/s1. The second-order valence-corrected chi connectivity index (χ2v) is 8.79. The van der Waals surface area contributed by atoms with E-state index in [0.717, 1.165) is 11.1 Å². The van der Waals surface area contributed by atoms with Crippen LogP contribution in [0.3, 0.4) is 0 Å². The number of anilines is 1. The van der Waals surface area contributed by atoms with E-state index in [1.54, 1.807) is 59.8 Å². The molecule has 0 saturated carbocycles. The lowest BCUT2D eigenvalue weighted by atomic mass is 9.83. The molecule has 3 aromatic rings. The number of imide groups is 1. The first kappa shape index (κ1) is 19.9. The summed E-state index contributed by atoms with van der Waals surface area (Å²) >= 11 is 6.35. The summed E-state index contributed by atoms with van der Waals surface area (Å²) in [4.78, 5) is 42.5. The van der Waals surface area contributed by atoms with Gasteiger partial charge in [-0.2, -0.15) is 5.10 Å². The number of fused-ring (bicyclic) bond motifs is 5. The zero-order valence-corrected chi connectivity index (χ0v) is 18.1. The fraction of sp³-hybridized carbons (Fsp3) is 0.154. The van der Waals surface area contributed by atoms with Crippen molar-refractivity contribution in [1.82, 2.24) is 5.01 Å². The molecule has 2 fully saturated rings. The van der Waals surface area contributed by atoms with Gasteiger partial charge in [0.1, 0.15) is 6.04 Å². The molecule has 3 heterocycles. The van der Waals surface area contributed by atoms with Crippen LogP contribution in [0.4, 0.5) is 5.69 Å². The Labute approximate surface area is 195 Å². The SMILES string of the molecule is O=C(c1ccccc1Cl)[C@@H]1[C@@H]2C(=O)N(c3ccccc3)C(=O)[C@@H]2[C@@H]2c3ccccc3C=NN12. The lowest BCUT2D eigenvalue weighted by Crippen LogP contribution is -2.44. The van der Waals surface area contributed by atoms with Gasteiger partial charge in [-0.3, -0.25) is 19.4 Å². The predicted octanol–water partition coefficient (Wildman–Crippen LogP) is 4.10. The van der Waals surface area contributed by atoms with Crippen LogP contribution in [-0.4, -0.2) is 34.9 Å². The van der Waals surface area contributed by atoms with Crippen LogP contribution in [0.1, 0.15) is 27.5 Å². The normalized spacial score (nSPS) is 25.1. The molecule has 162 valence electrons. The largest absolute Gasteiger partial charge is 0.292 e. The molecule has 0 aromatic heterocycles. The van der Waals surface area contributed by atoms with Gasteiger partial charge in [-0.05, 0) is 35.4 Å². The first-order chi connectivity index (χ1) is 16.1. The highest BCUT2D eigenvalue weighted by molar-refractivity contribution is 6.34. The monoisotopic (exact) mass is 455 g/mol. The summed E-state index contributed by atoms with van der Waals surface area (Å²) in [6, 6.07) is 21.8. The van der Waals surface area contributed by atoms with Crippen molar-refractivity contribution in [3.63, 3.8) is 0 Å². The fourth-order valence-electron chi connectivity index (χ4n) is 5.32. The molecular formula is C26H18ClN3O3. The molecule has 3 aliphatic rings. The number of carbonyl (C=O) groups is 3. The zero-order valence-electron chi connectivity index (χ0n) is 17.3. The van der Waals surface area contributed by atoms with Gasteiger partial charge in [-0.1, -0.05) is 66.2 Å². The Balaban J connectivity index is 1.52. The van der Waals surface area contributed by atoms with Crippen LogP contribution in [0.5, 0.6) is 0 Å². The molecule has 3 aliphatic heterocycles. The van der Waals surface area contributed by atoms with Crippen molar-refractivity contribution in [2.75, 3.05) is 4.90 Å². The van der Waals surface area contributed by atoms with Gasteiger partial charge in [-0.15, -0.1) is 0 Å². The van der Waals surface area contributed by atoms with Crippen molar-refractivity contribution in [3.05, 3.63) is 101 Å². The number of para-hydroxylation sites is 1. The smallest absolute Gasteiger partial charge is 0.240 e. The van der Waals surface area contributed by atoms with Gasteiger partial charge < -0.3 is 0 Å². The third kappa shape index (κ3) is 2.80. The minimum atomic E-state index is -0.935. The number of amides is 2. The van der Waals surface area contributed by atoms with Crippen LogP contribution in [0.15, 0.2) is 84.0 Å². The Bertz CT molecular complexity index is 1340. The fourth-order valence-corrected chi connectivity index (χ4v) is 5.55. The highest BCUT2D eigenvalue weighted by Gasteiger charge is 2.65. The minimum absolute atomic E-state index is 0.306. The van der Waals surface area contributed by atoms with Crippen molar-refractivity contribution in [3.8, 4) is 0 Å². The van der Waals surface area contributed by atoms with Gasteiger partial charge >= 0.3 is 0 Å². The number of rotatable bonds is 3. The zero-order chi connectivity index (χ0) is 22.7. The van der Waals surface area contributed by atoms with E-state index in [1.165, 1.54) is 4.90 Å². The number of hydrogen-bond acceptors (Lipinski definition) is 5. The van der Waals surface area contributed by atoms with E-state index in [2.05, 4.69) is 5.10 Å². The molecule has 6 rings (SSSR count). The molecule has 0 unspecified atom stereocenters. The topological polar surface area (TPSA) is 70.0 Å². The lowest BCUT2D eigenvalue weighted by Gasteiger charge is -2.33. The Hall–Kier alpha value is -3.77. The van der Waals surface area contributed by atoms with Crippen molar-refractivity contribution in [1.29, 1.82) is 0 Å². The molecule has 2 saturated heterocycles. The summed E-state index contributed by atoms with van der Waals surface area (Å²) in [6.45, 7) is 0. The highest BCUT2D eigenvalue weighted by Crippen LogP contribution is 2.53. The molecule has 0 radical (unpaired) electrons. The summed E-state index contributed by atoms with van der Waals surface area (Å²) in [7, 11) is 0. The van der Waals surface area contributed by atoms with E-state index in [0.29, 0.717) is 16.3 Å². The number of ketones is 1. The molecule has 6 nitrogen and oxygen atoms in total. The minimum Gasteiger partial charge on any atom is -0.292 e. The summed E-state index contributed by atoms with van der Waals surface area (Å²) in [5.41, 5.74) is 2.58. The average Bonchev–Trinajstić information content (AvgIpc) is 3.32. The molecule has 2 amide bonds. The average molecular weight is 456 g/mol. The maximum absolute atomic E-state index is 13.8. The van der Waals surface area contributed by atoms with Crippen LogP contribution in [-0.2, 0) is 9.59 Å². The number of carbonyl (C=O) groups excluding carboxylic acids is 3. The first-order valence-corrected chi connectivity index (χ1v) is 11.1. The Kier molecular flexibility index (Phi) is 4.45. The molecule has 4 atom stereocenters. The van der Waals surface area contributed by atoms with E-state index in [4.69, 9.17) is 11.6 Å². The number of Topliss-reactive ketones (excluding diaryl/α,β-unsaturated/α-hetero) is 1. The van der Waals surface area contributed by atoms with E-state index in [-0.39, 0.29) is 17.6 Å². The molecule has 3 aromatic carbocycles. The summed E-state index contributed by atoms with van der Waals surface area (Å²) in [6.07, 6.45) is 1.68. The number of nitrogens with zero attached hydrogens (tertiary/aromatic N) is 3. The van der Waals surface area contributed by atoms with Crippen LogP contribution in [0.2, 0.25) is 5.02 Å². The van der Waals surface area contributed by atoms with Crippen LogP contribution in [0, 0.1) is 11.8 Å². The molecule has 0 aliphatic carbocycles. The summed E-state index contributed by atoms with van der Waals surface area (Å²) in [5.74, 6) is -2.61.